The van der Waals surface area contributed by atoms with Crippen molar-refractivity contribution in [2.75, 3.05) is 6.54 Å². The van der Waals surface area contributed by atoms with Gasteiger partial charge in [-0.1, -0.05) is 0 Å². The number of carbonyl (C=O) groups is 2. The van der Waals surface area contributed by atoms with E-state index in [4.69, 9.17) is 14.6 Å². The fourth-order valence-electron chi connectivity index (χ4n) is 1.43. The molecule has 0 saturated heterocycles. The molecule has 0 fully saturated rings. The Kier molecular flexibility index (Phi) is 4.49. The molecule has 20 heavy (non-hydrogen) atoms. The number of aromatic nitrogens is 1. The van der Waals surface area contributed by atoms with Crippen LogP contribution in [0, 0.1) is 0 Å². The highest BCUT2D eigenvalue weighted by atomic mass is 32.1. The van der Waals surface area contributed by atoms with Crippen molar-refractivity contribution >= 4 is 23.2 Å². The molecule has 2 aromatic rings. The Morgan fingerprint density at radius 1 is 1.50 bits per heavy atom. The van der Waals surface area contributed by atoms with Crippen LogP contribution in [0.3, 0.4) is 0 Å². The molecular weight excluding hydrogens is 284 g/mol. The number of furan rings is 1. The minimum absolute atomic E-state index is 0.0555. The van der Waals surface area contributed by atoms with Gasteiger partial charge in [-0.25, -0.2) is 9.78 Å². The standard InChI is InChI=1S/C12H12N2O5S/c15-8(12(17)18)3-4-13-10(16)7-6-20-11(14-7)9-2-1-5-19-9/h1-2,5-6,8,15H,3-4H2,(H,13,16)(H,17,18)/t8-/m0/s1. The van der Waals surface area contributed by atoms with Crippen molar-refractivity contribution in [1.29, 1.82) is 0 Å². The fraction of sp³-hybridized carbons (Fsp3) is 0.250. The second kappa shape index (κ2) is 6.31. The molecule has 8 heteroatoms. The van der Waals surface area contributed by atoms with Crippen LogP contribution in [0.4, 0.5) is 0 Å². The number of carboxylic acid groups (broad SMARTS) is 1. The van der Waals surface area contributed by atoms with Crippen LogP contribution in [0.15, 0.2) is 28.2 Å². The smallest absolute Gasteiger partial charge is 0.332 e. The quantitative estimate of drug-likeness (QED) is 0.732. The molecule has 7 nitrogen and oxygen atoms in total. The maximum atomic E-state index is 11.8. The highest BCUT2D eigenvalue weighted by Gasteiger charge is 2.15. The van der Waals surface area contributed by atoms with Crippen molar-refractivity contribution in [3.63, 3.8) is 0 Å². The van der Waals surface area contributed by atoms with Gasteiger partial charge in [0.15, 0.2) is 16.9 Å². The molecule has 2 heterocycles. The number of nitrogens with one attached hydrogen (secondary N) is 1. The minimum atomic E-state index is -1.48. The van der Waals surface area contributed by atoms with E-state index in [1.807, 2.05) is 0 Å². The molecule has 0 aliphatic rings. The van der Waals surface area contributed by atoms with E-state index >= 15 is 0 Å². The van der Waals surface area contributed by atoms with Crippen molar-refractivity contribution in [2.45, 2.75) is 12.5 Å². The number of aliphatic carboxylic acids is 1. The first-order valence-electron chi connectivity index (χ1n) is 5.76. The zero-order valence-corrected chi connectivity index (χ0v) is 11.1. The van der Waals surface area contributed by atoms with Crippen LogP contribution in [-0.2, 0) is 4.79 Å². The number of nitrogens with zero attached hydrogens (tertiary/aromatic N) is 1. The van der Waals surface area contributed by atoms with Gasteiger partial charge in [-0.15, -0.1) is 11.3 Å². The number of carbonyl (C=O) groups excluding carboxylic acids is 1. The lowest BCUT2D eigenvalue weighted by Crippen LogP contribution is -2.30. The van der Waals surface area contributed by atoms with E-state index in [9.17, 15) is 9.59 Å². The summed E-state index contributed by atoms with van der Waals surface area (Å²) in [6.45, 7) is 0.0555. The number of amides is 1. The molecule has 0 spiro atoms. The van der Waals surface area contributed by atoms with Gasteiger partial charge >= 0.3 is 5.97 Å². The maximum Gasteiger partial charge on any atom is 0.332 e. The zero-order valence-electron chi connectivity index (χ0n) is 10.3. The molecule has 2 rings (SSSR count). The lowest BCUT2D eigenvalue weighted by atomic mass is 10.2. The monoisotopic (exact) mass is 296 g/mol. The molecule has 0 aliphatic carbocycles. The van der Waals surface area contributed by atoms with Crippen LogP contribution in [0.2, 0.25) is 0 Å². The summed E-state index contributed by atoms with van der Waals surface area (Å²) in [6, 6.07) is 3.47. The molecule has 1 atom stereocenters. The van der Waals surface area contributed by atoms with Crippen LogP contribution >= 0.6 is 11.3 Å². The van der Waals surface area contributed by atoms with Crippen molar-refractivity contribution in [3.05, 3.63) is 29.5 Å². The van der Waals surface area contributed by atoms with Crippen LogP contribution in [0.1, 0.15) is 16.9 Å². The van der Waals surface area contributed by atoms with E-state index in [1.54, 1.807) is 17.5 Å². The van der Waals surface area contributed by atoms with E-state index in [0.717, 1.165) is 0 Å². The average Bonchev–Trinajstić information content (AvgIpc) is 3.08. The summed E-state index contributed by atoms with van der Waals surface area (Å²) < 4.78 is 5.17. The maximum absolute atomic E-state index is 11.8. The number of thiazole rings is 1. The van der Waals surface area contributed by atoms with Gasteiger partial charge in [0.1, 0.15) is 5.69 Å². The second-order valence-corrected chi connectivity index (χ2v) is 4.77. The normalized spacial score (nSPS) is 12.1. The Hall–Kier alpha value is -2.19. The highest BCUT2D eigenvalue weighted by Crippen LogP contribution is 2.23. The van der Waals surface area contributed by atoms with Crippen LogP contribution < -0.4 is 5.32 Å². The van der Waals surface area contributed by atoms with Crippen LogP contribution in [0.5, 0.6) is 0 Å². The van der Waals surface area contributed by atoms with Crippen molar-refractivity contribution in [2.24, 2.45) is 0 Å². The third-order valence-electron chi connectivity index (χ3n) is 2.46. The fourth-order valence-corrected chi connectivity index (χ4v) is 2.19. The highest BCUT2D eigenvalue weighted by molar-refractivity contribution is 7.13. The average molecular weight is 296 g/mol. The first-order chi connectivity index (χ1) is 9.58. The largest absolute Gasteiger partial charge is 0.479 e. The van der Waals surface area contributed by atoms with E-state index in [1.165, 1.54) is 17.6 Å². The molecule has 0 saturated carbocycles. The lowest BCUT2D eigenvalue weighted by Gasteiger charge is -2.05. The van der Waals surface area contributed by atoms with Crippen molar-refractivity contribution in [1.82, 2.24) is 10.3 Å². The van der Waals surface area contributed by atoms with Gasteiger partial charge in [0.05, 0.1) is 6.26 Å². The number of aliphatic hydroxyl groups is 1. The third kappa shape index (κ3) is 3.43. The van der Waals surface area contributed by atoms with Crippen molar-refractivity contribution in [3.8, 4) is 10.8 Å². The summed E-state index contributed by atoms with van der Waals surface area (Å²) in [7, 11) is 0. The molecule has 0 aromatic carbocycles. The molecule has 1 amide bonds. The summed E-state index contributed by atoms with van der Waals surface area (Å²) in [5.74, 6) is -1.15. The number of carboxylic acids is 1. The van der Waals surface area contributed by atoms with E-state index in [0.29, 0.717) is 10.8 Å². The summed E-state index contributed by atoms with van der Waals surface area (Å²) in [6.07, 6.45) is -0.0237. The molecule has 0 unspecified atom stereocenters. The zero-order chi connectivity index (χ0) is 14.5. The van der Waals surface area contributed by atoms with Gasteiger partial charge in [-0.05, 0) is 12.1 Å². The van der Waals surface area contributed by atoms with Crippen molar-refractivity contribution < 1.29 is 24.2 Å². The van der Waals surface area contributed by atoms with Gasteiger partial charge in [0.2, 0.25) is 0 Å². The number of aliphatic hydroxyl groups excluding tert-OH is 1. The first kappa shape index (κ1) is 14.2. The van der Waals surface area contributed by atoms with Crippen LogP contribution in [0.25, 0.3) is 10.8 Å². The Morgan fingerprint density at radius 3 is 2.95 bits per heavy atom. The molecule has 3 N–H and O–H groups in total. The Morgan fingerprint density at radius 2 is 2.30 bits per heavy atom. The van der Waals surface area contributed by atoms with E-state index in [-0.39, 0.29) is 18.7 Å². The van der Waals surface area contributed by atoms with Gasteiger partial charge in [-0.3, -0.25) is 4.79 Å². The minimum Gasteiger partial charge on any atom is -0.479 e. The SMILES string of the molecule is O=C(NCC[C@H](O)C(=O)O)c1csc(-c2ccco2)n1. The molecule has 2 aromatic heterocycles. The second-order valence-electron chi connectivity index (χ2n) is 3.91. The lowest BCUT2D eigenvalue weighted by molar-refractivity contribution is -0.146. The summed E-state index contributed by atoms with van der Waals surface area (Å²) in [4.78, 5) is 26.3. The van der Waals surface area contributed by atoms with Gasteiger partial charge in [-0.2, -0.15) is 0 Å². The predicted octanol–water partition coefficient (Wildman–Crippen LogP) is 0.969. The Labute approximate surface area is 117 Å². The van der Waals surface area contributed by atoms with Crippen LogP contribution in [-0.4, -0.2) is 39.7 Å². The summed E-state index contributed by atoms with van der Waals surface area (Å²) in [5.41, 5.74) is 0.228. The third-order valence-corrected chi connectivity index (χ3v) is 3.31. The number of hydrogen-bond donors (Lipinski definition) is 3. The summed E-state index contributed by atoms with van der Waals surface area (Å²) >= 11 is 1.27. The predicted molar refractivity (Wildman–Crippen MR) is 70.4 cm³/mol. The topological polar surface area (TPSA) is 113 Å². The molecular formula is C12H12N2O5S. The van der Waals surface area contributed by atoms with Gasteiger partial charge in [0.25, 0.3) is 5.91 Å². The Balaban J connectivity index is 1.89. The molecule has 0 radical (unpaired) electrons. The van der Waals surface area contributed by atoms with Gasteiger partial charge in [0, 0.05) is 18.3 Å². The van der Waals surface area contributed by atoms with E-state index in [2.05, 4.69) is 10.3 Å². The number of hydrogen-bond acceptors (Lipinski definition) is 6. The molecule has 106 valence electrons. The molecule has 0 bridgehead atoms. The number of rotatable bonds is 6. The van der Waals surface area contributed by atoms with E-state index < -0.39 is 18.0 Å². The summed E-state index contributed by atoms with van der Waals surface area (Å²) in [5, 5.41) is 22.2. The van der Waals surface area contributed by atoms with Gasteiger partial charge < -0.3 is 19.9 Å². The first-order valence-corrected chi connectivity index (χ1v) is 6.64. The molecule has 0 aliphatic heterocycles. The Bertz CT molecular complexity index is 593.